The van der Waals surface area contributed by atoms with E-state index in [1.54, 1.807) is 19.1 Å². The maximum absolute atomic E-state index is 12.6. The minimum absolute atomic E-state index is 0.425. The Morgan fingerprint density at radius 1 is 1.12 bits per heavy atom. The van der Waals surface area contributed by atoms with Gasteiger partial charge in [-0.3, -0.25) is 9.59 Å². The Hall–Kier alpha value is -2.25. The molecule has 0 heterocycles. The summed E-state index contributed by atoms with van der Waals surface area (Å²) in [6, 6.07) is 5.34. The Balaban J connectivity index is 2.79. The molecule has 134 valence electrons. The van der Waals surface area contributed by atoms with Crippen molar-refractivity contribution in [2.75, 3.05) is 33.8 Å². The summed E-state index contributed by atoms with van der Waals surface area (Å²) in [6.07, 6.45) is -4.60. The largest absolute Gasteiger partial charge is 0.483 e. The van der Waals surface area contributed by atoms with Crippen molar-refractivity contribution < 1.29 is 27.5 Å². The summed E-state index contributed by atoms with van der Waals surface area (Å²) in [5.41, 5.74) is 1.66. The molecule has 0 N–H and O–H groups in total. The second-order valence-electron chi connectivity index (χ2n) is 5.71. The standard InChI is InChI=1S/C16H21F3N2O3/c1-11-5-6-12(2)13(7-11)24-9-15(23)21(10-16(17,18)19)8-14(22)20(3)4/h5-7H,8-10H2,1-4H3. The van der Waals surface area contributed by atoms with Gasteiger partial charge in [0.15, 0.2) is 6.61 Å². The molecule has 0 unspecified atom stereocenters. The molecule has 0 saturated heterocycles. The monoisotopic (exact) mass is 346 g/mol. The van der Waals surface area contributed by atoms with Crippen LogP contribution in [-0.4, -0.2) is 61.6 Å². The van der Waals surface area contributed by atoms with E-state index >= 15 is 0 Å². The van der Waals surface area contributed by atoms with Gasteiger partial charge in [0.05, 0.1) is 0 Å². The first-order valence-electron chi connectivity index (χ1n) is 7.24. The third-order valence-corrected chi connectivity index (χ3v) is 3.24. The molecule has 1 rings (SSSR count). The van der Waals surface area contributed by atoms with E-state index in [-0.39, 0.29) is 0 Å². The van der Waals surface area contributed by atoms with E-state index in [9.17, 15) is 22.8 Å². The molecule has 2 amide bonds. The minimum Gasteiger partial charge on any atom is -0.483 e. The highest BCUT2D eigenvalue weighted by molar-refractivity contribution is 5.85. The number of carbonyl (C=O) groups excluding carboxylic acids is 2. The van der Waals surface area contributed by atoms with E-state index in [2.05, 4.69) is 0 Å². The van der Waals surface area contributed by atoms with E-state index in [1.807, 2.05) is 13.0 Å². The summed E-state index contributed by atoms with van der Waals surface area (Å²) >= 11 is 0. The van der Waals surface area contributed by atoms with Gasteiger partial charge in [0.25, 0.3) is 5.91 Å². The van der Waals surface area contributed by atoms with Gasteiger partial charge in [-0.2, -0.15) is 13.2 Å². The van der Waals surface area contributed by atoms with E-state index in [0.717, 1.165) is 16.0 Å². The van der Waals surface area contributed by atoms with Crippen molar-refractivity contribution >= 4 is 11.8 Å². The van der Waals surface area contributed by atoms with Crippen molar-refractivity contribution in [1.82, 2.24) is 9.80 Å². The van der Waals surface area contributed by atoms with Crippen molar-refractivity contribution in [2.24, 2.45) is 0 Å². The van der Waals surface area contributed by atoms with Crippen molar-refractivity contribution in [3.05, 3.63) is 29.3 Å². The average Bonchev–Trinajstić information content (AvgIpc) is 2.45. The van der Waals surface area contributed by atoms with Gasteiger partial charge in [0.2, 0.25) is 5.91 Å². The van der Waals surface area contributed by atoms with Gasteiger partial charge in [-0.25, -0.2) is 0 Å². The lowest BCUT2D eigenvalue weighted by atomic mass is 10.1. The van der Waals surface area contributed by atoms with Crippen molar-refractivity contribution in [2.45, 2.75) is 20.0 Å². The van der Waals surface area contributed by atoms with Gasteiger partial charge < -0.3 is 14.5 Å². The highest BCUT2D eigenvalue weighted by Crippen LogP contribution is 2.20. The van der Waals surface area contributed by atoms with Crippen molar-refractivity contribution in [3.63, 3.8) is 0 Å². The van der Waals surface area contributed by atoms with Crippen LogP contribution in [0.25, 0.3) is 0 Å². The number of hydrogen-bond acceptors (Lipinski definition) is 3. The molecule has 0 aliphatic carbocycles. The quantitative estimate of drug-likeness (QED) is 0.793. The molecule has 0 radical (unpaired) electrons. The van der Waals surface area contributed by atoms with Crippen LogP contribution in [0.3, 0.4) is 0 Å². The van der Waals surface area contributed by atoms with Gasteiger partial charge >= 0.3 is 6.18 Å². The summed E-state index contributed by atoms with van der Waals surface area (Å²) in [6.45, 7) is 0.881. The van der Waals surface area contributed by atoms with Crippen LogP contribution in [-0.2, 0) is 9.59 Å². The molecule has 8 heteroatoms. The number of nitrogens with zero attached hydrogens (tertiary/aromatic N) is 2. The first kappa shape index (κ1) is 19.8. The number of ether oxygens (including phenoxy) is 1. The molecule has 0 aromatic heterocycles. The Bertz CT molecular complexity index is 601. The van der Waals surface area contributed by atoms with Crippen LogP contribution in [0.1, 0.15) is 11.1 Å². The molecule has 0 fully saturated rings. The van der Waals surface area contributed by atoms with Crippen LogP contribution in [0.5, 0.6) is 5.75 Å². The number of aryl methyl sites for hydroxylation is 2. The molecule has 0 saturated carbocycles. The zero-order valence-corrected chi connectivity index (χ0v) is 14.1. The third-order valence-electron chi connectivity index (χ3n) is 3.24. The maximum Gasteiger partial charge on any atom is 0.406 e. The molecule has 0 aliphatic rings. The van der Waals surface area contributed by atoms with E-state index in [1.165, 1.54) is 14.1 Å². The van der Waals surface area contributed by atoms with Crippen molar-refractivity contribution in [3.8, 4) is 5.75 Å². The molecule has 24 heavy (non-hydrogen) atoms. The fraction of sp³-hybridized carbons (Fsp3) is 0.500. The van der Waals surface area contributed by atoms with Crippen LogP contribution in [0.4, 0.5) is 13.2 Å². The molecule has 0 aliphatic heterocycles. The van der Waals surface area contributed by atoms with Gasteiger partial charge in [-0.05, 0) is 31.0 Å². The lowest BCUT2D eigenvalue weighted by molar-refractivity contribution is -0.165. The zero-order valence-electron chi connectivity index (χ0n) is 14.1. The Kier molecular flexibility index (Phi) is 6.62. The van der Waals surface area contributed by atoms with E-state index in [4.69, 9.17) is 4.74 Å². The summed E-state index contributed by atoms with van der Waals surface area (Å²) in [5, 5.41) is 0. The Morgan fingerprint density at radius 3 is 2.29 bits per heavy atom. The molecule has 0 spiro atoms. The second-order valence-corrected chi connectivity index (χ2v) is 5.71. The van der Waals surface area contributed by atoms with Crippen LogP contribution in [0, 0.1) is 13.8 Å². The van der Waals surface area contributed by atoms with E-state index in [0.29, 0.717) is 10.6 Å². The Morgan fingerprint density at radius 2 is 1.75 bits per heavy atom. The normalized spacial score (nSPS) is 11.1. The summed E-state index contributed by atoms with van der Waals surface area (Å²) < 4.78 is 43.2. The average molecular weight is 346 g/mol. The number of rotatable bonds is 6. The first-order valence-corrected chi connectivity index (χ1v) is 7.24. The summed E-state index contributed by atoms with van der Waals surface area (Å²) in [7, 11) is 2.82. The maximum atomic E-state index is 12.6. The number of hydrogen-bond donors (Lipinski definition) is 0. The minimum atomic E-state index is -4.60. The van der Waals surface area contributed by atoms with Crippen LogP contribution >= 0.6 is 0 Å². The first-order chi connectivity index (χ1) is 11.0. The third kappa shape index (κ3) is 6.47. The predicted molar refractivity (Wildman–Crippen MR) is 82.7 cm³/mol. The topological polar surface area (TPSA) is 49.9 Å². The van der Waals surface area contributed by atoms with Gasteiger partial charge in [-0.1, -0.05) is 12.1 Å². The number of halogens is 3. The lowest BCUT2D eigenvalue weighted by Gasteiger charge is -2.25. The number of likely N-dealkylation sites (N-methyl/N-ethyl adjacent to an activating group) is 1. The number of carbonyl (C=O) groups is 2. The van der Waals surface area contributed by atoms with Gasteiger partial charge in [-0.15, -0.1) is 0 Å². The fourth-order valence-electron chi connectivity index (χ4n) is 1.85. The van der Waals surface area contributed by atoms with Gasteiger partial charge in [0.1, 0.15) is 18.8 Å². The molecule has 0 atom stereocenters. The number of amides is 2. The highest BCUT2D eigenvalue weighted by atomic mass is 19.4. The second kappa shape index (κ2) is 8.03. The molecular formula is C16H21F3N2O3. The zero-order chi connectivity index (χ0) is 18.5. The van der Waals surface area contributed by atoms with Crippen LogP contribution in [0.15, 0.2) is 18.2 Å². The highest BCUT2D eigenvalue weighted by Gasteiger charge is 2.34. The van der Waals surface area contributed by atoms with Gasteiger partial charge in [0, 0.05) is 14.1 Å². The summed E-state index contributed by atoms with van der Waals surface area (Å²) in [4.78, 5) is 25.3. The number of benzene rings is 1. The Labute approximate surface area is 139 Å². The van der Waals surface area contributed by atoms with Crippen LogP contribution < -0.4 is 4.74 Å². The summed E-state index contributed by atoms with van der Waals surface area (Å²) in [5.74, 6) is -1.07. The molecular weight excluding hydrogens is 325 g/mol. The van der Waals surface area contributed by atoms with E-state index < -0.39 is 37.7 Å². The predicted octanol–water partition coefficient (Wildman–Crippen LogP) is 2.16. The SMILES string of the molecule is Cc1ccc(C)c(OCC(=O)N(CC(=O)N(C)C)CC(F)(F)F)c1. The number of alkyl halides is 3. The molecule has 5 nitrogen and oxygen atoms in total. The molecule has 0 bridgehead atoms. The molecule has 1 aromatic carbocycles. The molecule has 1 aromatic rings. The van der Waals surface area contributed by atoms with Crippen molar-refractivity contribution in [1.29, 1.82) is 0 Å². The lowest BCUT2D eigenvalue weighted by Crippen LogP contribution is -2.46. The smallest absolute Gasteiger partial charge is 0.406 e. The van der Waals surface area contributed by atoms with Crippen LogP contribution in [0.2, 0.25) is 0 Å². The fourth-order valence-corrected chi connectivity index (χ4v) is 1.85.